The monoisotopic (exact) mass is 496 g/mol. The summed E-state index contributed by atoms with van der Waals surface area (Å²) in [6.07, 6.45) is 5.48. The van der Waals surface area contributed by atoms with E-state index in [9.17, 15) is 0 Å². The van der Waals surface area contributed by atoms with E-state index in [0.29, 0.717) is 0 Å². The first kappa shape index (κ1) is 29.2. The van der Waals surface area contributed by atoms with Crippen LogP contribution in [0.4, 0.5) is 0 Å². The fourth-order valence-electron chi connectivity index (χ4n) is 7.43. The maximum absolute atomic E-state index is 2.37. The Morgan fingerprint density at radius 2 is 0.514 bits per heavy atom. The van der Waals surface area contributed by atoms with Gasteiger partial charge < -0.3 is 0 Å². The lowest BCUT2D eigenvalue weighted by Crippen LogP contribution is -2.11. The SMILES string of the molecule is CCc1c(C)c(C)c(Cc2c(C)c(C)c(-c3c(C)c(C)c(CC)c(CC)c3C)c(C)c2C)c(C)c1CC. The highest BCUT2D eigenvalue weighted by Crippen LogP contribution is 2.42. The zero-order valence-corrected chi connectivity index (χ0v) is 26.5. The molecule has 200 valence electrons. The molecule has 0 heteroatoms. The Hall–Kier alpha value is -2.34. The first-order chi connectivity index (χ1) is 17.4. The minimum absolute atomic E-state index is 1.03. The molecule has 0 amide bonds. The van der Waals surface area contributed by atoms with E-state index in [0.717, 1.165) is 32.1 Å². The van der Waals surface area contributed by atoms with Crippen LogP contribution in [-0.2, 0) is 32.1 Å². The highest BCUT2D eigenvalue weighted by atomic mass is 14.3. The Kier molecular flexibility index (Phi) is 8.83. The van der Waals surface area contributed by atoms with Gasteiger partial charge in [0.2, 0.25) is 0 Å². The van der Waals surface area contributed by atoms with Crippen LogP contribution < -0.4 is 0 Å². The van der Waals surface area contributed by atoms with E-state index >= 15 is 0 Å². The molecular weight excluding hydrogens is 444 g/mol. The van der Waals surface area contributed by atoms with Gasteiger partial charge in [-0.25, -0.2) is 0 Å². The third-order valence-electron chi connectivity index (χ3n) is 10.1. The Morgan fingerprint density at radius 3 is 0.919 bits per heavy atom. The van der Waals surface area contributed by atoms with E-state index in [1.807, 2.05) is 0 Å². The lowest BCUT2D eigenvalue weighted by Gasteiger charge is -2.28. The predicted octanol–water partition coefficient (Wildman–Crippen LogP) is 10.3. The van der Waals surface area contributed by atoms with Crippen LogP contribution in [0.15, 0.2) is 0 Å². The van der Waals surface area contributed by atoms with Crippen molar-refractivity contribution in [2.75, 3.05) is 0 Å². The lowest BCUT2D eigenvalue weighted by molar-refractivity contribution is 0.956. The molecule has 37 heavy (non-hydrogen) atoms. The maximum atomic E-state index is 2.37. The maximum Gasteiger partial charge on any atom is -0.00149 e. The van der Waals surface area contributed by atoms with Crippen molar-refractivity contribution in [3.8, 4) is 11.1 Å². The van der Waals surface area contributed by atoms with Crippen molar-refractivity contribution in [2.24, 2.45) is 0 Å². The van der Waals surface area contributed by atoms with Gasteiger partial charge in [0.05, 0.1) is 0 Å². The van der Waals surface area contributed by atoms with E-state index in [4.69, 9.17) is 0 Å². The van der Waals surface area contributed by atoms with Crippen molar-refractivity contribution in [3.05, 3.63) is 89.0 Å². The molecule has 0 spiro atoms. The minimum atomic E-state index is 1.03. The largest absolute Gasteiger partial charge is 0.0613 e. The van der Waals surface area contributed by atoms with Gasteiger partial charge in [-0.05, 0) is 201 Å². The van der Waals surface area contributed by atoms with Gasteiger partial charge in [0.25, 0.3) is 0 Å². The van der Waals surface area contributed by atoms with Gasteiger partial charge in [-0.3, -0.25) is 0 Å². The molecule has 0 unspecified atom stereocenters. The molecule has 0 nitrogen and oxygen atoms in total. The number of hydrogen-bond acceptors (Lipinski definition) is 0. The topological polar surface area (TPSA) is 0 Å². The van der Waals surface area contributed by atoms with E-state index < -0.39 is 0 Å². The molecule has 0 saturated heterocycles. The van der Waals surface area contributed by atoms with Gasteiger partial charge in [-0.15, -0.1) is 0 Å². The molecular formula is C37H52. The van der Waals surface area contributed by atoms with Gasteiger partial charge in [0.15, 0.2) is 0 Å². The summed E-state index contributed by atoms with van der Waals surface area (Å²) in [5, 5.41) is 0. The zero-order valence-electron chi connectivity index (χ0n) is 26.5. The molecule has 0 fully saturated rings. The lowest BCUT2D eigenvalue weighted by atomic mass is 9.77. The van der Waals surface area contributed by atoms with Crippen LogP contribution >= 0.6 is 0 Å². The summed E-state index contributed by atoms with van der Waals surface area (Å²) in [6, 6.07) is 0. The number of rotatable bonds is 7. The van der Waals surface area contributed by atoms with Crippen molar-refractivity contribution in [3.63, 3.8) is 0 Å². The fraction of sp³-hybridized carbons (Fsp3) is 0.514. The van der Waals surface area contributed by atoms with Crippen LogP contribution in [0.5, 0.6) is 0 Å². The molecule has 0 atom stereocenters. The number of hydrogen-bond donors (Lipinski definition) is 0. The van der Waals surface area contributed by atoms with Gasteiger partial charge in [-0.2, -0.15) is 0 Å². The molecule has 0 aromatic heterocycles. The first-order valence-corrected chi connectivity index (χ1v) is 14.7. The molecule has 3 aromatic rings. The first-order valence-electron chi connectivity index (χ1n) is 14.7. The molecule has 0 saturated carbocycles. The van der Waals surface area contributed by atoms with Gasteiger partial charge in [0.1, 0.15) is 0 Å². The third kappa shape index (κ3) is 4.60. The van der Waals surface area contributed by atoms with Crippen LogP contribution in [0.3, 0.4) is 0 Å². The van der Waals surface area contributed by atoms with E-state index in [1.165, 1.54) is 72.3 Å². The average Bonchev–Trinajstić information content (AvgIpc) is 2.88. The molecule has 3 aromatic carbocycles. The smallest absolute Gasteiger partial charge is 0.00149 e. The van der Waals surface area contributed by atoms with Crippen molar-refractivity contribution < 1.29 is 0 Å². The minimum Gasteiger partial charge on any atom is -0.0613 e. The molecule has 0 bridgehead atoms. The summed E-state index contributed by atoms with van der Waals surface area (Å²) >= 11 is 0. The van der Waals surface area contributed by atoms with Crippen LogP contribution in [0, 0.1) is 69.2 Å². The van der Waals surface area contributed by atoms with Gasteiger partial charge in [-0.1, -0.05) is 27.7 Å². The quantitative estimate of drug-likeness (QED) is 0.305. The summed E-state index contributed by atoms with van der Waals surface area (Å²) in [7, 11) is 0. The Labute approximate surface area is 228 Å². The van der Waals surface area contributed by atoms with Crippen LogP contribution in [0.25, 0.3) is 11.1 Å². The number of benzene rings is 3. The normalized spacial score (nSPS) is 11.5. The summed E-state index contributed by atoms with van der Waals surface area (Å²) in [6.45, 7) is 32.9. The Morgan fingerprint density at radius 1 is 0.270 bits per heavy atom. The summed E-state index contributed by atoms with van der Waals surface area (Å²) in [4.78, 5) is 0. The molecule has 0 heterocycles. The molecule has 0 aliphatic rings. The van der Waals surface area contributed by atoms with E-state index in [1.54, 1.807) is 27.8 Å². The van der Waals surface area contributed by atoms with Crippen molar-refractivity contribution >= 4 is 0 Å². The molecule has 0 aliphatic heterocycles. The van der Waals surface area contributed by atoms with Crippen LogP contribution in [0.2, 0.25) is 0 Å². The molecule has 3 rings (SSSR count). The summed E-state index contributed by atoms with van der Waals surface area (Å²) in [5.41, 5.74) is 27.1. The third-order valence-corrected chi connectivity index (χ3v) is 10.1. The highest BCUT2D eigenvalue weighted by Gasteiger charge is 2.24. The second kappa shape index (κ2) is 11.2. The second-order valence-electron chi connectivity index (χ2n) is 11.5. The fourth-order valence-corrected chi connectivity index (χ4v) is 7.43. The highest BCUT2D eigenvalue weighted by molar-refractivity contribution is 5.82. The molecule has 0 radical (unpaired) electrons. The van der Waals surface area contributed by atoms with Crippen molar-refractivity contribution in [2.45, 2.75) is 129 Å². The van der Waals surface area contributed by atoms with E-state index in [-0.39, 0.29) is 0 Å². The average molecular weight is 497 g/mol. The van der Waals surface area contributed by atoms with Gasteiger partial charge in [0, 0.05) is 0 Å². The molecule has 0 aliphatic carbocycles. The van der Waals surface area contributed by atoms with Crippen LogP contribution in [-0.4, -0.2) is 0 Å². The van der Waals surface area contributed by atoms with Crippen molar-refractivity contribution in [1.82, 2.24) is 0 Å². The van der Waals surface area contributed by atoms with Gasteiger partial charge >= 0.3 is 0 Å². The Balaban J connectivity index is 2.33. The zero-order chi connectivity index (χ0) is 27.9. The summed E-state index contributed by atoms with van der Waals surface area (Å²) < 4.78 is 0. The summed E-state index contributed by atoms with van der Waals surface area (Å²) in [5.74, 6) is 0. The predicted molar refractivity (Wildman–Crippen MR) is 166 cm³/mol. The van der Waals surface area contributed by atoms with Crippen molar-refractivity contribution in [1.29, 1.82) is 0 Å². The van der Waals surface area contributed by atoms with E-state index in [2.05, 4.69) is 96.9 Å². The second-order valence-corrected chi connectivity index (χ2v) is 11.5. The Bertz CT molecular complexity index is 1330. The standard InChI is InChI=1S/C37H52/c1-15-30-20(5)21(6)35(28(13)32(30)17-3)19-34-23(8)26(11)36(27(12)24(34)9)37-25(10)22(7)31(16-2)33(18-4)29(37)14/h15-19H2,1-14H3. The molecule has 0 N–H and O–H groups in total. The van der Waals surface area contributed by atoms with Crippen LogP contribution in [0.1, 0.15) is 117 Å².